The highest BCUT2D eigenvalue weighted by atomic mass is 32.1. The van der Waals surface area contributed by atoms with Gasteiger partial charge in [-0.25, -0.2) is 9.98 Å². The molecule has 7 aromatic carbocycles. The van der Waals surface area contributed by atoms with Crippen LogP contribution in [-0.4, -0.2) is 16.2 Å². The van der Waals surface area contributed by atoms with E-state index in [2.05, 4.69) is 168 Å². The lowest BCUT2D eigenvalue weighted by Crippen LogP contribution is -2.33. The van der Waals surface area contributed by atoms with E-state index in [9.17, 15) is 0 Å². The van der Waals surface area contributed by atoms with Crippen LogP contribution in [0.15, 0.2) is 180 Å². The number of aliphatic imine (C=N–C) groups is 2. The molecule has 1 atom stereocenters. The molecule has 1 N–H and O–H groups in total. The lowest BCUT2D eigenvalue weighted by molar-refractivity contribution is 0.674. The third-order valence-corrected chi connectivity index (χ3v) is 10.9. The summed E-state index contributed by atoms with van der Waals surface area (Å²) in [4.78, 5) is 10.6. The van der Waals surface area contributed by atoms with Crippen molar-refractivity contribution in [3.8, 4) is 16.8 Å². The second kappa shape index (κ2) is 11.7. The van der Waals surface area contributed by atoms with Crippen molar-refractivity contribution in [1.29, 1.82) is 0 Å². The summed E-state index contributed by atoms with van der Waals surface area (Å²) >= 11 is 1.86. The molecule has 0 bridgehead atoms. The maximum absolute atomic E-state index is 5.31. The molecule has 4 nitrogen and oxygen atoms in total. The Balaban J connectivity index is 1.28. The summed E-state index contributed by atoms with van der Waals surface area (Å²) in [5.74, 6) is 1.54. The number of amidine groups is 2. The molecule has 0 fully saturated rings. The van der Waals surface area contributed by atoms with Gasteiger partial charge in [-0.05, 0) is 41.0 Å². The summed E-state index contributed by atoms with van der Waals surface area (Å²) in [7, 11) is 0. The van der Waals surface area contributed by atoms with Gasteiger partial charge in [-0.15, -0.1) is 11.3 Å². The van der Waals surface area contributed by atoms with Crippen LogP contribution in [0.25, 0.3) is 58.8 Å². The minimum Gasteiger partial charge on any atom is -0.344 e. The van der Waals surface area contributed by atoms with Gasteiger partial charge in [0.2, 0.25) is 0 Å². The number of nitrogens with zero attached hydrogens (tertiary/aromatic N) is 3. The average molecular weight is 659 g/mol. The Bertz CT molecular complexity index is 2720. The maximum atomic E-state index is 5.31. The van der Waals surface area contributed by atoms with Gasteiger partial charge in [-0.3, -0.25) is 0 Å². The Labute approximate surface area is 293 Å². The van der Waals surface area contributed by atoms with Gasteiger partial charge in [0.1, 0.15) is 12.0 Å². The fourth-order valence-electron chi connectivity index (χ4n) is 7.39. The number of thiophene rings is 1. The average Bonchev–Trinajstić information content (AvgIpc) is 3.75. The SMILES string of the molecule is c1ccc(C2=NC(c3ccc(-c4ccccc4)c4sc5c(-n6c7ccccc7c7ccccc76)cccc5c34)=NC(c3ccccc3)N2)cc1. The Morgan fingerprint density at radius 2 is 1.08 bits per heavy atom. The molecule has 2 aromatic heterocycles. The van der Waals surface area contributed by atoms with E-state index in [1.165, 1.54) is 58.8 Å². The molecule has 0 aliphatic carbocycles. The van der Waals surface area contributed by atoms with Crippen molar-refractivity contribution in [2.24, 2.45) is 9.98 Å². The zero-order valence-electron chi connectivity index (χ0n) is 27.0. The molecule has 0 saturated carbocycles. The number of rotatable bonds is 5. The largest absolute Gasteiger partial charge is 0.344 e. The molecule has 0 amide bonds. The summed E-state index contributed by atoms with van der Waals surface area (Å²) in [5.41, 5.74) is 9.13. The summed E-state index contributed by atoms with van der Waals surface area (Å²) < 4.78 is 4.90. The molecule has 0 spiro atoms. The van der Waals surface area contributed by atoms with Crippen LogP contribution in [-0.2, 0) is 0 Å². The zero-order chi connectivity index (χ0) is 33.0. The van der Waals surface area contributed by atoms with Crippen LogP contribution in [0.3, 0.4) is 0 Å². The van der Waals surface area contributed by atoms with Crippen molar-refractivity contribution in [2.75, 3.05) is 0 Å². The highest BCUT2D eigenvalue weighted by molar-refractivity contribution is 7.26. The number of aromatic nitrogens is 1. The van der Waals surface area contributed by atoms with Crippen LogP contribution in [0.1, 0.15) is 22.9 Å². The highest BCUT2D eigenvalue weighted by Crippen LogP contribution is 2.46. The van der Waals surface area contributed by atoms with Crippen LogP contribution in [0.2, 0.25) is 0 Å². The van der Waals surface area contributed by atoms with E-state index in [0.717, 1.165) is 28.4 Å². The maximum Gasteiger partial charge on any atom is 0.160 e. The third-order valence-electron chi connectivity index (χ3n) is 9.68. The normalized spacial score (nSPS) is 14.6. The quantitative estimate of drug-likeness (QED) is 0.196. The summed E-state index contributed by atoms with van der Waals surface area (Å²) in [6.07, 6.45) is -0.277. The van der Waals surface area contributed by atoms with E-state index in [1.54, 1.807) is 0 Å². The van der Waals surface area contributed by atoms with Crippen LogP contribution in [0.5, 0.6) is 0 Å². The molecule has 1 unspecified atom stereocenters. The fraction of sp³-hybridized carbons (Fsp3) is 0.0222. The van der Waals surface area contributed by atoms with E-state index in [0.29, 0.717) is 0 Å². The van der Waals surface area contributed by atoms with E-state index >= 15 is 0 Å². The lowest BCUT2D eigenvalue weighted by atomic mass is 9.97. The van der Waals surface area contributed by atoms with E-state index in [-0.39, 0.29) is 6.17 Å². The monoisotopic (exact) mass is 658 g/mol. The van der Waals surface area contributed by atoms with Gasteiger partial charge in [-0.2, -0.15) is 0 Å². The van der Waals surface area contributed by atoms with Crippen LogP contribution < -0.4 is 5.32 Å². The molecule has 10 rings (SSSR count). The van der Waals surface area contributed by atoms with E-state index in [4.69, 9.17) is 9.98 Å². The van der Waals surface area contributed by atoms with E-state index < -0.39 is 0 Å². The Morgan fingerprint density at radius 3 is 1.78 bits per heavy atom. The summed E-state index contributed by atoms with van der Waals surface area (Å²) in [6, 6.07) is 60.1. The van der Waals surface area contributed by atoms with Crippen molar-refractivity contribution in [2.45, 2.75) is 6.17 Å². The van der Waals surface area contributed by atoms with Gasteiger partial charge < -0.3 is 9.88 Å². The molecule has 50 heavy (non-hydrogen) atoms. The zero-order valence-corrected chi connectivity index (χ0v) is 27.8. The van der Waals surface area contributed by atoms with Crippen LogP contribution >= 0.6 is 11.3 Å². The first-order valence-electron chi connectivity index (χ1n) is 16.9. The second-order valence-corrected chi connectivity index (χ2v) is 13.6. The number of benzene rings is 7. The number of hydrogen-bond acceptors (Lipinski definition) is 4. The number of para-hydroxylation sites is 2. The van der Waals surface area contributed by atoms with E-state index in [1.807, 2.05) is 23.5 Å². The molecule has 236 valence electrons. The summed E-state index contributed by atoms with van der Waals surface area (Å²) in [5, 5.41) is 8.51. The molecule has 1 aliphatic rings. The topological polar surface area (TPSA) is 41.7 Å². The van der Waals surface area contributed by atoms with Crippen LogP contribution in [0, 0.1) is 0 Å². The molecule has 0 radical (unpaired) electrons. The number of nitrogens with one attached hydrogen (secondary N) is 1. The molecule has 9 aromatic rings. The fourth-order valence-corrected chi connectivity index (χ4v) is 8.76. The lowest BCUT2D eigenvalue weighted by Gasteiger charge is -2.24. The highest BCUT2D eigenvalue weighted by Gasteiger charge is 2.25. The minimum atomic E-state index is -0.277. The number of hydrogen-bond donors (Lipinski definition) is 1. The Morgan fingerprint density at radius 1 is 0.500 bits per heavy atom. The Kier molecular flexibility index (Phi) is 6.71. The van der Waals surface area contributed by atoms with Gasteiger partial charge in [0.15, 0.2) is 5.84 Å². The van der Waals surface area contributed by atoms with Gasteiger partial charge in [-0.1, -0.05) is 146 Å². The smallest absolute Gasteiger partial charge is 0.160 e. The predicted octanol–water partition coefficient (Wildman–Crippen LogP) is 11.3. The van der Waals surface area contributed by atoms with Gasteiger partial charge in [0.25, 0.3) is 0 Å². The second-order valence-electron chi connectivity index (χ2n) is 12.6. The van der Waals surface area contributed by atoms with Crippen molar-refractivity contribution in [3.05, 3.63) is 187 Å². The number of fused-ring (bicyclic) bond motifs is 6. The molecular weight excluding hydrogens is 629 g/mol. The van der Waals surface area contributed by atoms with Crippen molar-refractivity contribution < 1.29 is 0 Å². The van der Waals surface area contributed by atoms with Crippen molar-refractivity contribution in [1.82, 2.24) is 9.88 Å². The van der Waals surface area contributed by atoms with Gasteiger partial charge >= 0.3 is 0 Å². The van der Waals surface area contributed by atoms with Gasteiger partial charge in [0.05, 0.1) is 21.4 Å². The molecule has 5 heteroatoms. The van der Waals surface area contributed by atoms with Crippen molar-refractivity contribution in [3.63, 3.8) is 0 Å². The molecule has 1 aliphatic heterocycles. The summed E-state index contributed by atoms with van der Waals surface area (Å²) in [6.45, 7) is 0. The predicted molar refractivity (Wildman–Crippen MR) is 211 cm³/mol. The molecular formula is C45H30N4S. The first-order chi connectivity index (χ1) is 24.8. The molecule has 3 heterocycles. The van der Waals surface area contributed by atoms with Crippen LogP contribution in [0.4, 0.5) is 0 Å². The first kappa shape index (κ1) is 28.7. The van der Waals surface area contributed by atoms with Crippen molar-refractivity contribution >= 4 is 65.0 Å². The molecule has 0 saturated heterocycles. The third kappa shape index (κ3) is 4.59. The first-order valence-corrected chi connectivity index (χ1v) is 17.7. The van der Waals surface area contributed by atoms with Gasteiger partial charge in [0, 0.05) is 37.4 Å². The Hall–Kier alpha value is -6.30. The minimum absolute atomic E-state index is 0.277. The standard InChI is InChI=1S/C45H30N4S/c1-4-15-29(16-5-1)32-27-28-36(45-47-43(30-17-6-2-7-18-30)46-44(48-45)31-19-8-3-9-20-31)40-35-23-14-26-39(41(35)50-42(32)40)49-37-24-12-10-21-33(37)34-22-11-13-25-38(34)49/h1-28,43H,(H,46,47,48).